The monoisotopic (exact) mass is 256 g/mol. The van der Waals surface area contributed by atoms with Crippen molar-refractivity contribution in [3.05, 3.63) is 0 Å². The van der Waals surface area contributed by atoms with Gasteiger partial charge in [0.05, 0.1) is 10.4 Å². The van der Waals surface area contributed by atoms with Gasteiger partial charge in [0.25, 0.3) is 0 Å². The van der Waals surface area contributed by atoms with Crippen LogP contribution in [0, 0.1) is 5.41 Å². The third-order valence-electron chi connectivity index (χ3n) is 4.42. The quantitative estimate of drug-likeness (QED) is 0.786. The fourth-order valence-corrected chi connectivity index (χ4v) is 2.67. The van der Waals surface area contributed by atoms with Crippen LogP contribution in [0.1, 0.15) is 52.9 Å². The first-order valence-corrected chi connectivity index (χ1v) is 6.77. The molecule has 98 valence electrons. The second-order valence-electron chi connectivity index (χ2n) is 5.68. The van der Waals surface area contributed by atoms with Gasteiger partial charge in [-0.1, -0.05) is 32.0 Å². The van der Waals surface area contributed by atoms with E-state index in [1.165, 1.54) is 0 Å². The van der Waals surface area contributed by atoms with Gasteiger partial charge in [-0.05, 0) is 33.1 Å². The largest absolute Gasteiger partial charge is 0.392 e. The van der Waals surface area contributed by atoms with Crippen LogP contribution in [0.25, 0.3) is 0 Å². The molecule has 4 heteroatoms. The van der Waals surface area contributed by atoms with Gasteiger partial charge in [-0.15, -0.1) is 0 Å². The standard InChI is InChI=1S/C13H24N2OS/c1-5-12(2,3)15(4)11(16)13(10(14)17)8-6-7-9-13/h5-9H2,1-4H3,(H2,14,17). The Hall–Kier alpha value is -0.640. The summed E-state index contributed by atoms with van der Waals surface area (Å²) in [5, 5.41) is 0. The Kier molecular flexibility index (Phi) is 4.18. The fraction of sp³-hybridized carbons (Fsp3) is 0.846. The molecule has 0 saturated heterocycles. The summed E-state index contributed by atoms with van der Waals surface area (Å²) in [6.07, 6.45) is 4.63. The van der Waals surface area contributed by atoms with E-state index in [1.54, 1.807) is 0 Å². The van der Waals surface area contributed by atoms with Crippen LogP contribution in [0.2, 0.25) is 0 Å². The number of hydrogen-bond acceptors (Lipinski definition) is 2. The number of carbonyl (C=O) groups excluding carboxylic acids is 1. The summed E-state index contributed by atoms with van der Waals surface area (Å²) in [5.41, 5.74) is 5.13. The minimum absolute atomic E-state index is 0.106. The van der Waals surface area contributed by atoms with Crippen LogP contribution in [0.3, 0.4) is 0 Å². The molecule has 1 saturated carbocycles. The van der Waals surface area contributed by atoms with Crippen molar-refractivity contribution >= 4 is 23.1 Å². The summed E-state index contributed by atoms with van der Waals surface area (Å²) in [5.74, 6) is 0.106. The van der Waals surface area contributed by atoms with Gasteiger partial charge >= 0.3 is 0 Å². The lowest BCUT2D eigenvalue weighted by Crippen LogP contribution is -2.54. The maximum atomic E-state index is 12.7. The number of rotatable bonds is 4. The van der Waals surface area contributed by atoms with Crippen molar-refractivity contribution < 1.29 is 4.79 Å². The van der Waals surface area contributed by atoms with Gasteiger partial charge in [-0.3, -0.25) is 4.79 Å². The van der Waals surface area contributed by atoms with Crippen LogP contribution in [0.4, 0.5) is 0 Å². The van der Waals surface area contributed by atoms with Gasteiger partial charge in [-0.2, -0.15) is 0 Å². The molecule has 1 amide bonds. The van der Waals surface area contributed by atoms with E-state index < -0.39 is 5.41 Å². The molecule has 17 heavy (non-hydrogen) atoms. The van der Waals surface area contributed by atoms with Gasteiger partial charge < -0.3 is 10.6 Å². The first-order chi connectivity index (χ1) is 7.78. The van der Waals surface area contributed by atoms with Crippen LogP contribution >= 0.6 is 12.2 Å². The van der Waals surface area contributed by atoms with Crippen LogP contribution in [0.15, 0.2) is 0 Å². The molecule has 3 nitrogen and oxygen atoms in total. The van der Waals surface area contributed by atoms with E-state index in [0.29, 0.717) is 4.99 Å². The van der Waals surface area contributed by atoms with E-state index in [-0.39, 0.29) is 11.4 Å². The normalized spacial score (nSPS) is 19.1. The number of nitrogens with two attached hydrogens (primary N) is 1. The maximum absolute atomic E-state index is 12.7. The average Bonchev–Trinajstić information content (AvgIpc) is 2.77. The molecule has 1 aliphatic carbocycles. The summed E-state index contributed by atoms with van der Waals surface area (Å²) >= 11 is 5.15. The van der Waals surface area contributed by atoms with Crippen molar-refractivity contribution in [3.63, 3.8) is 0 Å². The lowest BCUT2D eigenvalue weighted by atomic mass is 9.83. The number of thiocarbonyl (C=S) groups is 1. The zero-order valence-corrected chi connectivity index (χ0v) is 12.2. The van der Waals surface area contributed by atoms with Gasteiger partial charge in [-0.25, -0.2) is 0 Å². The van der Waals surface area contributed by atoms with E-state index in [4.69, 9.17) is 18.0 Å². The van der Waals surface area contributed by atoms with Gasteiger partial charge in [0.1, 0.15) is 0 Å². The highest BCUT2D eigenvalue weighted by molar-refractivity contribution is 7.80. The fourth-order valence-electron chi connectivity index (χ4n) is 2.38. The summed E-state index contributed by atoms with van der Waals surface area (Å²) < 4.78 is 0. The maximum Gasteiger partial charge on any atom is 0.235 e. The SMILES string of the molecule is CCC(C)(C)N(C)C(=O)C1(C(N)=S)CCCC1. The summed E-state index contributed by atoms with van der Waals surface area (Å²) in [6, 6.07) is 0. The zero-order valence-electron chi connectivity index (χ0n) is 11.4. The molecule has 0 aromatic carbocycles. The molecule has 0 heterocycles. The minimum Gasteiger partial charge on any atom is -0.392 e. The lowest BCUT2D eigenvalue weighted by Gasteiger charge is -2.40. The number of hydrogen-bond donors (Lipinski definition) is 1. The predicted molar refractivity (Wildman–Crippen MR) is 74.8 cm³/mol. The van der Waals surface area contributed by atoms with Gasteiger partial charge in [0.2, 0.25) is 5.91 Å². The second-order valence-corrected chi connectivity index (χ2v) is 6.12. The molecular weight excluding hydrogens is 232 g/mol. The molecule has 0 bridgehead atoms. The Morgan fingerprint density at radius 1 is 1.41 bits per heavy atom. The molecule has 1 rings (SSSR count). The highest BCUT2D eigenvalue weighted by Crippen LogP contribution is 2.41. The molecular formula is C13H24N2OS. The Labute approximate surface area is 110 Å². The molecule has 0 spiro atoms. The summed E-state index contributed by atoms with van der Waals surface area (Å²) in [4.78, 5) is 14.9. The third kappa shape index (κ3) is 2.46. The first kappa shape index (κ1) is 14.4. The number of nitrogens with zero attached hydrogens (tertiary/aromatic N) is 1. The first-order valence-electron chi connectivity index (χ1n) is 6.36. The third-order valence-corrected chi connectivity index (χ3v) is 4.81. The van der Waals surface area contributed by atoms with Crippen LogP contribution < -0.4 is 5.73 Å². The highest BCUT2D eigenvalue weighted by Gasteiger charge is 2.47. The van der Waals surface area contributed by atoms with Crippen molar-refractivity contribution in [1.29, 1.82) is 0 Å². The van der Waals surface area contributed by atoms with E-state index in [9.17, 15) is 4.79 Å². The molecule has 0 aromatic heterocycles. The molecule has 0 unspecified atom stereocenters. The second kappa shape index (κ2) is 4.92. The van der Waals surface area contributed by atoms with E-state index in [2.05, 4.69) is 20.8 Å². The molecule has 1 fully saturated rings. The van der Waals surface area contributed by atoms with Crippen LogP contribution in [0.5, 0.6) is 0 Å². The molecule has 0 aliphatic heterocycles. The van der Waals surface area contributed by atoms with E-state index >= 15 is 0 Å². The number of carbonyl (C=O) groups is 1. The summed E-state index contributed by atoms with van der Waals surface area (Å²) in [7, 11) is 1.87. The van der Waals surface area contributed by atoms with Crippen molar-refractivity contribution in [2.24, 2.45) is 11.1 Å². The predicted octanol–water partition coefficient (Wildman–Crippen LogP) is 2.48. The average molecular weight is 256 g/mol. The highest BCUT2D eigenvalue weighted by atomic mass is 32.1. The molecule has 0 atom stereocenters. The Bertz CT molecular complexity index is 319. The molecule has 2 N–H and O–H groups in total. The Morgan fingerprint density at radius 3 is 2.24 bits per heavy atom. The topological polar surface area (TPSA) is 46.3 Å². The van der Waals surface area contributed by atoms with Crippen molar-refractivity contribution in [2.75, 3.05) is 7.05 Å². The van der Waals surface area contributed by atoms with Crippen molar-refractivity contribution in [3.8, 4) is 0 Å². The Balaban J connectivity index is 2.98. The van der Waals surface area contributed by atoms with Crippen LogP contribution in [-0.2, 0) is 4.79 Å². The Morgan fingerprint density at radius 2 is 1.88 bits per heavy atom. The van der Waals surface area contributed by atoms with Crippen molar-refractivity contribution in [2.45, 2.75) is 58.4 Å². The van der Waals surface area contributed by atoms with E-state index in [1.807, 2.05) is 11.9 Å². The van der Waals surface area contributed by atoms with Crippen LogP contribution in [-0.4, -0.2) is 28.4 Å². The van der Waals surface area contributed by atoms with Gasteiger partial charge in [0, 0.05) is 12.6 Å². The lowest BCUT2D eigenvalue weighted by molar-refractivity contribution is -0.141. The van der Waals surface area contributed by atoms with Crippen molar-refractivity contribution in [1.82, 2.24) is 4.90 Å². The molecule has 0 aromatic rings. The summed E-state index contributed by atoms with van der Waals surface area (Å²) in [6.45, 7) is 6.24. The molecule has 1 aliphatic rings. The molecule has 0 radical (unpaired) electrons. The minimum atomic E-state index is -0.573. The zero-order chi connectivity index (χ0) is 13.3. The smallest absolute Gasteiger partial charge is 0.235 e. The van der Waals surface area contributed by atoms with E-state index in [0.717, 1.165) is 32.1 Å². The van der Waals surface area contributed by atoms with Gasteiger partial charge in [0.15, 0.2) is 0 Å². The number of amides is 1.